The van der Waals surface area contributed by atoms with Crippen LogP contribution in [0, 0.1) is 13.8 Å². The number of carbonyl (C=O) groups excluding carboxylic acids is 2. The summed E-state index contributed by atoms with van der Waals surface area (Å²) in [4.78, 5) is 23.2. The van der Waals surface area contributed by atoms with Crippen molar-refractivity contribution in [3.63, 3.8) is 0 Å². The minimum atomic E-state index is -0.267. The van der Waals surface area contributed by atoms with Gasteiger partial charge in [-0.05, 0) is 47.2 Å². The van der Waals surface area contributed by atoms with Crippen LogP contribution in [0.1, 0.15) is 45.2 Å². The largest absolute Gasteiger partial charge is 0.302 e. The van der Waals surface area contributed by atoms with Crippen LogP contribution >= 0.6 is 0 Å². The number of benzene rings is 2. The monoisotopic (exact) mass is 264 g/mol. The number of carbonyl (C=O) groups is 2. The molecule has 2 nitrogen and oxygen atoms in total. The molecule has 2 aromatic carbocycles. The molecule has 1 aliphatic carbocycles. The maximum absolute atomic E-state index is 11.6. The molecule has 1 aliphatic rings. The van der Waals surface area contributed by atoms with Crippen molar-refractivity contribution < 1.29 is 9.59 Å². The molecule has 0 aliphatic heterocycles. The fourth-order valence-corrected chi connectivity index (χ4v) is 3.11. The summed E-state index contributed by atoms with van der Waals surface area (Å²) in [7, 11) is 0. The highest BCUT2D eigenvalue weighted by Gasteiger charge is 2.31. The molecular weight excluding hydrogens is 248 g/mol. The van der Waals surface area contributed by atoms with Gasteiger partial charge in [0.15, 0.2) is 0 Å². The van der Waals surface area contributed by atoms with Crippen LogP contribution in [-0.2, 0) is 9.59 Å². The van der Waals surface area contributed by atoms with Crippen LogP contribution in [0.5, 0.6) is 0 Å². The molecule has 0 unspecified atom stereocenters. The summed E-state index contributed by atoms with van der Waals surface area (Å²) in [5.74, 6) is -0.534. The predicted molar refractivity (Wildman–Crippen MR) is 78.2 cm³/mol. The summed E-state index contributed by atoms with van der Waals surface area (Å²) in [5.41, 5.74) is 6.16. The van der Waals surface area contributed by atoms with Gasteiger partial charge in [-0.3, -0.25) is 0 Å². The van der Waals surface area contributed by atoms with E-state index in [2.05, 4.69) is 12.1 Å². The molecule has 3 rings (SSSR count). The summed E-state index contributed by atoms with van der Waals surface area (Å²) in [5, 5.41) is 0. The van der Waals surface area contributed by atoms with Crippen LogP contribution in [0.3, 0.4) is 0 Å². The molecule has 0 fully saturated rings. The maximum Gasteiger partial charge on any atom is 0.131 e. The number of aryl methyl sites for hydroxylation is 2. The molecule has 0 N–H and O–H groups in total. The van der Waals surface area contributed by atoms with Gasteiger partial charge in [0, 0.05) is 0 Å². The zero-order chi connectivity index (χ0) is 14.3. The van der Waals surface area contributed by atoms with E-state index in [1.165, 1.54) is 0 Å². The van der Waals surface area contributed by atoms with Crippen LogP contribution in [0.4, 0.5) is 0 Å². The second-order valence-electron chi connectivity index (χ2n) is 5.42. The van der Waals surface area contributed by atoms with Gasteiger partial charge in [-0.15, -0.1) is 0 Å². The van der Waals surface area contributed by atoms with Crippen LogP contribution in [0.15, 0.2) is 36.4 Å². The van der Waals surface area contributed by atoms with E-state index in [-0.39, 0.29) is 11.8 Å². The Bertz CT molecular complexity index is 641. The Kier molecular flexibility index (Phi) is 3.01. The number of hydrogen-bond acceptors (Lipinski definition) is 2. The maximum atomic E-state index is 11.6. The van der Waals surface area contributed by atoms with Crippen molar-refractivity contribution in [3.8, 4) is 0 Å². The van der Waals surface area contributed by atoms with Gasteiger partial charge in [-0.1, -0.05) is 36.4 Å². The lowest BCUT2D eigenvalue weighted by molar-refractivity contribution is -0.109. The van der Waals surface area contributed by atoms with Crippen molar-refractivity contribution >= 4 is 12.6 Å². The molecule has 0 radical (unpaired) electrons. The van der Waals surface area contributed by atoms with E-state index >= 15 is 0 Å². The van der Waals surface area contributed by atoms with E-state index in [1.807, 2.05) is 38.1 Å². The Hall–Kier alpha value is -2.22. The molecule has 20 heavy (non-hydrogen) atoms. The van der Waals surface area contributed by atoms with Gasteiger partial charge >= 0.3 is 0 Å². The van der Waals surface area contributed by atoms with E-state index < -0.39 is 0 Å². The first-order valence-electron chi connectivity index (χ1n) is 6.77. The third-order valence-electron chi connectivity index (χ3n) is 4.31. The smallest absolute Gasteiger partial charge is 0.131 e. The summed E-state index contributed by atoms with van der Waals surface area (Å²) in [6, 6.07) is 11.8. The van der Waals surface area contributed by atoms with E-state index in [4.69, 9.17) is 0 Å². The summed E-state index contributed by atoms with van der Waals surface area (Å²) in [6.45, 7) is 4.07. The highest BCUT2D eigenvalue weighted by molar-refractivity contribution is 5.80. The Labute approximate surface area is 118 Å². The fourth-order valence-electron chi connectivity index (χ4n) is 3.11. The quantitative estimate of drug-likeness (QED) is 0.780. The number of hydrogen-bond donors (Lipinski definition) is 0. The second-order valence-corrected chi connectivity index (χ2v) is 5.42. The minimum absolute atomic E-state index is 0.267. The highest BCUT2D eigenvalue weighted by atomic mass is 16.1. The van der Waals surface area contributed by atoms with Crippen molar-refractivity contribution in [3.05, 3.63) is 69.8 Å². The van der Waals surface area contributed by atoms with E-state index in [9.17, 15) is 9.59 Å². The minimum Gasteiger partial charge on any atom is -0.302 e. The SMILES string of the molecule is Cc1cc2c(cc1C)[C@@H](C=O)c1ccccc1[C@H]2C=O. The fraction of sp³-hybridized carbons (Fsp3) is 0.222. The molecule has 0 saturated carbocycles. The summed E-state index contributed by atoms with van der Waals surface area (Å²) < 4.78 is 0. The van der Waals surface area contributed by atoms with Gasteiger partial charge < -0.3 is 9.59 Å². The molecule has 100 valence electrons. The van der Waals surface area contributed by atoms with E-state index in [1.54, 1.807) is 0 Å². The number of aldehydes is 2. The van der Waals surface area contributed by atoms with Crippen LogP contribution in [-0.4, -0.2) is 12.6 Å². The van der Waals surface area contributed by atoms with Crippen molar-refractivity contribution in [2.75, 3.05) is 0 Å². The predicted octanol–water partition coefficient (Wildman–Crippen LogP) is 3.28. The molecule has 0 aromatic heterocycles. The zero-order valence-corrected chi connectivity index (χ0v) is 11.6. The molecule has 2 aromatic rings. The standard InChI is InChI=1S/C18H16O2/c1-11-7-15-16(8-12(11)2)18(10-20)14-6-4-3-5-13(14)17(15)9-19/h3-10,17-18H,1-2H3/t17-,18+. The van der Waals surface area contributed by atoms with Crippen LogP contribution < -0.4 is 0 Å². The highest BCUT2D eigenvalue weighted by Crippen LogP contribution is 2.42. The van der Waals surface area contributed by atoms with Crippen molar-refractivity contribution in [2.24, 2.45) is 0 Å². The zero-order valence-electron chi connectivity index (χ0n) is 11.6. The third kappa shape index (κ3) is 1.72. The average Bonchev–Trinajstić information content (AvgIpc) is 2.46. The first-order valence-corrected chi connectivity index (χ1v) is 6.77. The van der Waals surface area contributed by atoms with Gasteiger partial charge in [-0.25, -0.2) is 0 Å². The first kappa shape index (κ1) is 12.8. The Morgan fingerprint density at radius 3 is 1.50 bits per heavy atom. The molecule has 0 heterocycles. The molecule has 2 atom stereocenters. The third-order valence-corrected chi connectivity index (χ3v) is 4.31. The lowest BCUT2D eigenvalue weighted by Crippen LogP contribution is -2.20. The Morgan fingerprint density at radius 1 is 0.750 bits per heavy atom. The van der Waals surface area contributed by atoms with Gasteiger partial charge in [0.2, 0.25) is 0 Å². The summed E-state index contributed by atoms with van der Waals surface area (Å²) in [6.07, 6.45) is 1.96. The second kappa shape index (κ2) is 4.71. The Balaban J connectivity index is 2.33. The molecule has 0 spiro atoms. The van der Waals surface area contributed by atoms with Gasteiger partial charge in [-0.2, -0.15) is 0 Å². The van der Waals surface area contributed by atoms with Gasteiger partial charge in [0.05, 0.1) is 11.8 Å². The van der Waals surface area contributed by atoms with Gasteiger partial charge in [0.25, 0.3) is 0 Å². The normalized spacial score (nSPS) is 19.9. The van der Waals surface area contributed by atoms with Crippen molar-refractivity contribution in [2.45, 2.75) is 25.7 Å². The van der Waals surface area contributed by atoms with E-state index in [0.29, 0.717) is 0 Å². The topological polar surface area (TPSA) is 34.1 Å². The van der Waals surface area contributed by atoms with Crippen molar-refractivity contribution in [1.29, 1.82) is 0 Å². The van der Waals surface area contributed by atoms with Gasteiger partial charge in [0.1, 0.15) is 12.6 Å². The lowest BCUT2D eigenvalue weighted by atomic mass is 9.72. The van der Waals surface area contributed by atoms with E-state index in [0.717, 1.165) is 46.0 Å². The first-order chi connectivity index (χ1) is 9.67. The molecule has 0 bridgehead atoms. The number of fused-ring (bicyclic) bond motifs is 2. The molecular formula is C18H16O2. The molecule has 0 amide bonds. The molecule has 0 saturated heterocycles. The number of rotatable bonds is 2. The Morgan fingerprint density at radius 2 is 1.15 bits per heavy atom. The lowest BCUT2D eigenvalue weighted by Gasteiger charge is -2.30. The van der Waals surface area contributed by atoms with Crippen LogP contribution in [0.25, 0.3) is 0 Å². The summed E-state index contributed by atoms with van der Waals surface area (Å²) >= 11 is 0. The van der Waals surface area contributed by atoms with Crippen molar-refractivity contribution in [1.82, 2.24) is 0 Å². The van der Waals surface area contributed by atoms with Crippen LogP contribution in [0.2, 0.25) is 0 Å². The average molecular weight is 264 g/mol. The molecule has 2 heteroatoms.